The van der Waals surface area contributed by atoms with Crippen LogP contribution in [0.5, 0.6) is 0 Å². The summed E-state index contributed by atoms with van der Waals surface area (Å²) < 4.78 is 40.7. The summed E-state index contributed by atoms with van der Waals surface area (Å²) in [5.41, 5.74) is -0.945. The smallest absolute Gasteiger partial charge is 0.267 e. The van der Waals surface area contributed by atoms with Crippen molar-refractivity contribution in [3.63, 3.8) is 0 Å². The van der Waals surface area contributed by atoms with Gasteiger partial charge in [0.15, 0.2) is 0 Å². The van der Waals surface area contributed by atoms with Crippen molar-refractivity contribution in [2.24, 2.45) is 0 Å². The van der Waals surface area contributed by atoms with Gasteiger partial charge in [-0.25, -0.2) is 4.68 Å². The van der Waals surface area contributed by atoms with Gasteiger partial charge in [-0.2, -0.15) is 23.5 Å². The average Bonchev–Trinajstić information content (AvgIpc) is 2.64. The maximum absolute atomic E-state index is 13.3. The lowest BCUT2D eigenvalue weighted by Gasteiger charge is -2.13. The second kappa shape index (κ2) is 6.84. The van der Waals surface area contributed by atoms with Crippen molar-refractivity contribution >= 4 is 0 Å². The van der Waals surface area contributed by atoms with Crippen molar-refractivity contribution in [3.05, 3.63) is 87.7 Å². The highest BCUT2D eigenvalue weighted by molar-refractivity contribution is 5.59. The molecule has 0 fully saturated rings. The molecule has 0 aliphatic rings. The molecule has 3 rings (SSSR count). The molecule has 1 aromatic heterocycles. The van der Waals surface area contributed by atoms with Gasteiger partial charge in [0.25, 0.3) is 5.56 Å². The molecule has 1 heterocycles. The quantitative estimate of drug-likeness (QED) is 0.717. The predicted molar refractivity (Wildman–Crippen MR) is 89.2 cm³/mol. The zero-order valence-electron chi connectivity index (χ0n) is 13.4. The molecule has 0 bridgehead atoms. The summed E-state index contributed by atoms with van der Waals surface area (Å²) in [6.45, 7) is -0.131. The fraction of sp³-hybridized carbons (Fsp3) is 0.105. The number of nitriles is 1. The molecule has 0 saturated carbocycles. The van der Waals surface area contributed by atoms with Crippen molar-refractivity contribution in [1.82, 2.24) is 9.78 Å². The molecule has 0 spiro atoms. The van der Waals surface area contributed by atoms with E-state index in [1.807, 2.05) is 6.07 Å². The Balaban J connectivity index is 2.11. The Hall–Kier alpha value is -3.40. The number of halogens is 3. The van der Waals surface area contributed by atoms with E-state index >= 15 is 0 Å². The first-order chi connectivity index (χ1) is 12.4. The number of hydrogen-bond donors (Lipinski definition) is 0. The van der Waals surface area contributed by atoms with E-state index in [-0.39, 0.29) is 12.2 Å². The molecule has 2 aromatic carbocycles. The molecule has 0 radical (unpaired) electrons. The topological polar surface area (TPSA) is 58.7 Å². The fourth-order valence-electron chi connectivity index (χ4n) is 2.46. The second-order valence-corrected chi connectivity index (χ2v) is 5.58. The molecule has 0 N–H and O–H groups in total. The monoisotopic (exact) mass is 355 g/mol. The van der Waals surface area contributed by atoms with Crippen LogP contribution < -0.4 is 5.56 Å². The third-order valence-electron chi connectivity index (χ3n) is 3.76. The van der Waals surface area contributed by atoms with E-state index in [9.17, 15) is 18.0 Å². The first-order valence-corrected chi connectivity index (χ1v) is 7.62. The summed E-state index contributed by atoms with van der Waals surface area (Å²) in [5.74, 6) is 0. The summed E-state index contributed by atoms with van der Waals surface area (Å²) in [7, 11) is 0. The molecule has 0 amide bonds. The second-order valence-electron chi connectivity index (χ2n) is 5.58. The van der Waals surface area contributed by atoms with Gasteiger partial charge in [0.1, 0.15) is 5.56 Å². The minimum atomic E-state index is -4.78. The van der Waals surface area contributed by atoms with Gasteiger partial charge in [0, 0.05) is 5.56 Å². The molecule has 0 saturated heterocycles. The van der Waals surface area contributed by atoms with Crippen molar-refractivity contribution in [2.45, 2.75) is 12.7 Å². The van der Waals surface area contributed by atoms with E-state index in [1.54, 1.807) is 42.5 Å². The number of alkyl halides is 3. The molecule has 0 atom stereocenters. The highest BCUT2D eigenvalue weighted by atomic mass is 19.4. The van der Waals surface area contributed by atoms with Gasteiger partial charge in [-0.05, 0) is 23.8 Å². The van der Waals surface area contributed by atoms with Crippen LogP contribution in [-0.4, -0.2) is 9.78 Å². The molecule has 26 heavy (non-hydrogen) atoms. The fourth-order valence-corrected chi connectivity index (χ4v) is 2.46. The van der Waals surface area contributed by atoms with Crippen LogP contribution in [-0.2, 0) is 12.7 Å². The molecule has 4 nitrogen and oxygen atoms in total. The first-order valence-electron chi connectivity index (χ1n) is 7.62. The van der Waals surface area contributed by atoms with Gasteiger partial charge in [0.2, 0.25) is 0 Å². The molecular weight excluding hydrogens is 343 g/mol. The lowest BCUT2D eigenvalue weighted by Crippen LogP contribution is -2.31. The Morgan fingerprint density at radius 2 is 1.69 bits per heavy atom. The average molecular weight is 355 g/mol. The van der Waals surface area contributed by atoms with E-state index in [2.05, 4.69) is 5.10 Å². The molecule has 130 valence electrons. The zero-order valence-corrected chi connectivity index (χ0v) is 13.4. The van der Waals surface area contributed by atoms with Gasteiger partial charge >= 0.3 is 6.18 Å². The first kappa shape index (κ1) is 17.4. The number of rotatable bonds is 3. The predicted octanol–water partition coefficient (Wildman–Crippen LogP) is 3.85. The minimum Gasteiger partial charge on any atom is -0.267 e. The third kappa shape index (κ3) is 3.64. The van der Waals surface area contributed by atoms with Gasteiger partial charge < -0.3 is 0 Å². The zero-order chi connectivity index (χ0) is 18.7. The van der Waals surface area contributed by atoms with E-state index < -0.39 is 17.3 Å². The van der Waals surface area contributed by atoms with Crippen LogP contribution in [0.2, 0.25) is 0 Å². The number of hydrogen-bond acceptors (Lipinski definition) is 3. The highest BCUT2D eigenvalue weighted by Crippen LogP contribution is 2.29. The van der Waals surface area contributed by atoms with Crippen LogP contribution in [0.25, 0.3) is 11.3 Å². The van der Waals surface area contributed by atoms with E-state index in [1.165, 1.54) is 12.1 Å². The Morgan fingerprint density at radius 3 is 2.27 bits per heavy atom. The number of aromatic nitrogens is 2. The van der Waals surface area contributed by atoms with Crippen molar-refractivity contribution in [3.8, 4) is 17.3 Å². The molecule has 0 unspecified atom stereocenters. The maximum atomic E-state index is 13.3. The van der Waals surface area contributed by atoms with Crippen LogP contribution in [0.4, 0.5) is 13.2 Å². The normalized spacial score (nSPS) is 11.2. The van der Waals surface area contributed by atoms with Crippen molar-refractivity contribution < 1.29 is 13.2 Å². The summed E-state index contributed by atoms with van der Waals surface area (Å²) in [6.07, 6.45) is -4.78. The SMILES string of the molecule is N#Cc1ccc(Cn2nc(-c3ccccc3)cc(C(F)(F)F)c2=O)cc1. The van der Waals surface area contributed by atoms with Crippen LogP contribution in [0.1, 0.15) is 16.7 Å². The van der Waals surface area contributed by atoms with Crippen LogP contribution in [0, 0.1) is 11.3 Å². The van der Waals surface area contributed by atoms with Gasteiger partial charge in [-0.1, -0.05) is 42.5 Å². The lowest BCUT2D eigenvalue weighted by atomic mass is 10.1. The molecule has 0 aliphatic heterocycles. The van der Waals surface area contributed by atoms with Gasteiger partial charge in [-0.15, -0.1) is 0 Å². The van der Waals surface area contributed by atoms with Crippen molar-refractivity contribution in [2.75, 3.05) is 0 Å². The third-order valence-corrected chi connectivity index (χ3v) is 3.76. The minimum absolute atomic E-state index is 0.0613. The molecule has 3 aromatic rings. The molecule has 7 heteroatoms. The summed E-state index contributed by atoms with van der Waals surface area (Å²) in [5, 5.41) is 12.9. The van der Waals surface area contributed by atoms with Crippen LogP contribution >= 0.6 is 0 Å². The van der Waals surface area contributed by atoms with Crippen LogP contribution in [0.3, 0.4) is 0 Å². The molecule has 0 aliphatic carbocycles. The number of nitrogens with zero attached hydrogens (tertiary/aromatic N) is 3. The summed E-state index contributed by atoms with van der Waals surface area (Å²) in [6, 6.07) is 17.3. The van der Waals surface area contributed by atoms with Gasteiger partial charge in [0.05, 0.1) is 23.9 Å². The largest absolute Gasteiger partial charge is 0.421 e. The maximum Gasteiger partial charge on any atom is 0.421 e. The van der Waals surface area contributed by atoms with Crippen LogP contribution in [0.15, 0.2) is 65.5 Å². The standard InChI is InChI=1S/C19H12F3N3O/c20-19(21,22)16-10-17(15-4-2-1-3-5-15)24-25(18(16)26)12-14-8-6-13(11-23)7-9-14/h1-10H,12H2. The lowest BCUT2D eigenvalue weighted by molar-refractivity contribution is -0.139. The summed E-state index contributed by atoms with van der Waals surface area (Å²) in [4.78, 5) is 12.3. The van der Waals surface area contributed by atoms with E-state index in [4.69, 9.17) is 5.26 Å². The number of benzene rings is 2. The highest BCUT2D eigenvalue weighted by Gasteiger charge is 2.35. The van der Waals surface area contributed by atoms with E-state index in [0.717, 1.165) is 10.7 Å². The Labute approximate surface area is 146 Å². The Morgan fingerprint density at radius 1 is 1.04 bits per heavy atom. The Bertz CT molecular complexity index is 1020. The molecular formula is C19H12F3N3O. The Kier molecular flexibility index (Phi) is 4.59. The summed E-state index contributed by atoms with van der Waals surface area (Å²) >= 11 is 0. The van der Waals surface area contributed by atoms with Gasteiger partial charge in [-0.3, -0.25) is 4.79 Å². The van der Waals surface area contributed by atoms with E-state index in [0.29, 0.717) is 16.7 Å². The van der Waals surface area contributed by atoms with Crippen molar-refractivity contribution in [1.29, 1.82) is 5.26 Å².